The molecule has 0 amide bonds. The second kappa shape index (κ2) is 9.86. The Morgan fingerprint density at radius 1 is 0.857 bits per heavy atom. The van der Waals surface area contributed by atoms with E-state index in [0.717, 1.165) is 42.7 Å². The van der Waals surface area contributed by atoms with Crippen molar-refractivity contribution in [2.75, 3.05) is 0 Å². The van der Waals surface area contributed by atoms with E-state index < -0.39 is 11.7 Å². The Morgan fingerprint density at radius 2 is 1.43 bits per heavy atom. The molecule has 3 heteroatoms. The molecule has 154 valence electrons. The number of rotatable bonds is 4. The number of benzene rings is 1. The normalized spacial score (nSPS) is 28.4. The summed E-state index contributed by atoms with van der Waals surface area (Å²) in [6.07, 6.45) is 10.4. The summed E-state index contributed by atoms with van der Waals surface area (Å²) in [5, 5.41) is 0. The van der Waals surface area contributed by atoms with Crippen LogP contribution in [0.25, 0.3) is 0 Å². The molecule has 2 fully saturated rings. The summed E-state index contributed by atoms with van der Waals surface area (Å²) in [7, 11) is 0. The van der Waals surface area contributed by atoms with Crippen molar-refractivity contribution in [3.63, 3.8) is 0 Å². The van der Waals surface area contributed by atoms with Gasteiger partial charge in [0.2, 0.25) is 0 Å². The van der Waals surface area contributed by atoms with Gasteiger partial charge < -0.3 is 0 Å². The first-order valence-electron chi connectivity index (χ1n) is 11.1. The first-order valence-corrected chi connectivity index (χ1v) is 11.1. The van der Waals surface area contributed by atoms with Gasteiger partial charge in [-0.1, -0.05) is 50.9 Å². The third-order valence-electron chi connectivity index (χ3n) is 6.93. The summed E-state index contributed by atoms with van der Waals surface area (Å²) >= 11 is 0. The van der Waals surface area contributed by atoms with Crippen LogP contribution < -0.4 is 0 Å². The zero-order valence-electron chi connectivity index (χ0n) is 17.0. The third kappa shape index (κ3) is 6.03. The molecule has 0 aromatic heterocycles. The van der Waals surface area contributed by atoms with E-state index >= 15 is 0 Å². The van der Waals surface area contributed by atoms with Crippen molar-refractivity contribution in [1.29, 1.82) is 0 Å². The van der Waals surface area contributed by atoms with E-state index in [-0.39, 0.29) is 0 Å². The SMILES string of the molecule is CCCCC1CCC(C2CCC(C#Cc3ccc(C(F)(F)F)cc3)CC2)CC1. The Kier molecular flexibility index (Phi) is 7.49. The third-order valence-corrected chi connectivity index (χ3v) is 6.93. The van der Waals surface area contributed by atoms with Crippen LogP contribution in [-0.4, -0.2) is 0 Å². The molecular formula is C25H33F3. The topological polar surface area (TPSA) is 0 Å². The molecule has 1 aromatic rings. The van der Waals surface area contributed by atoms with Gasteiger partial charge in [-0.25, -0.2) is 0 Å². The second-order valence-corrected chi connectivity index (χ2v) is 8.88. The van der Waals surface area contributed by atoms with E-state index in [1.807, 2.05) is 0 Å². The van der Waals surface area contributed by atoms with Crippen LogP contribution in [0.15, 0.2) is 24.3 Å². The fraction of sp³-hybridized carbons (Fsp3) is 0.680. The molecule has 0 bridgehead atoms. The Bertz CT molecular complexity index is 646. The predicted molar refractivity (Wildman–Crippen MR) is 109 cm³/mol. The van der Waals surface area contributed by atoms with Gasteiger partial charge in [0.05, 0.1) is 5.56 Å². The molecule has 0 radical (unpaired) electrons. The lowest BCUT2D eigenvalue weighted by Crippen LogP contribution is -2.25. The molecule has 0 aliphatic heterocycles. The van der Waals surface area contributed by atoms with Gasteiger partial charge in [0.15, 0.2) is 0 Å². The lowest BCUT2D eigenvalue weighted by molar-refractivity contribution is -0.137. The fourth-order valence-electron chi connectivity index (χ4n) is 5.10. The fourth-order valence-corrected chi connectivity index (χ4v) is 5.10. The van der Waals surface area contributed by atoms with Gasteiger partial charge in [0.1, 0.15) is 0 Å². The average Bonchev–Trinajstić information content (AvgIpc) is 2.71. The zero-order chi connectivity index (χ0) is 20.0. The minimum absolute atomic E-state index is 0.402. The molecule has 0 unspecified atom stereocenters. The number of alkyl halides is 3. The zero-order valence-corrected chi connectivity index (χ0v) is 17.0. The first kappa shape index (κ1) is 21.3. The van der Waals surface area contributed by atoms with E-state index in [2.05, 4.69) is 18.8 Å². The highest BCUT2D eigenvalue weighted by Gasteiger charge is 2.31. The van der Waals surface area contributed by atoms with Gasteiger partial charge in [-0.05, 0) is 80.5 Å². The van der Waals surface area contributed by atoms with Crippen LogP contribution in [0.2, 0.25) is 0 Å². The lowest BCUT2D eigenvalue weighted by Gasteiger charge is -2.37. The predicted octanol–water partition coefficient (Wildman–Crippen LogP) is 7.86. The van der Waals surface area contributed by atoms with Crippen LogP contribution in [0.4, 0.5) is 13.2 Å². The Hall–Kier alpha value is -1.43. The molecule has 0 heterocycles. The molecule has 2 aliphatic rings. The molecule has 0 saturated heterocycles. The highest BCUT2D eigenvalue weighted by atomic mass is 19.4. The molecule has 28 heavy (non-hydrogen) atoms. The molecule has 2 saturated carbocycles. The van der Waals surface area contributed by atoms with Gasteiger partial charge in [-0.15, -0.1) is 0 Å². The monoisotopic (exact) mass is 390 g/mol. The number of unbranched alkanes of at least 4 members (excludes halogenated alkanes) is 1. The maximum atomic E-state index is 12.6. The van der Waals surface area contributed by atoms with Crippen LogP contribution in [0.5, 0.6) is 0 Å². The quantitative estimate of drug-likeness (QED) is 0.459. The number of halogens is 3. The van der Waals surface area contributed by atoms with E-state index in [4.69, 9.17) is 0 Å². The maximum Gasteiger partial charge on any atom is 0.416 e. The molecule has 1 aromatic carbocycles. The smallest absolute Gasteiger partial charge is 0.166 e. The van der Waals surface area contributed by atoms with Crippen molar-refractivity contribution in [3.05, 3.63) is 35.4 Å². The summed E-state index contributed by atoms with van der Waals surface area (Å²) in [5.41, 5.74) is 0.0727. The molecule has 0 spiro atoms. The molecule has 0 atom stereocenters. The van der Waals surface area contributed by atoms with Crippen molar-refractivity contribution in [3.8, 4) is 11.8 Å². The van der Waals surface area contributed by atoms with Crippen LogP contribution in [0.1, 0.15) is 88.7 Å². The van der Waals surface area contributed by atoms with Crippen molar-refractivity contribution in [2.45, 2.75) is 83.7 Å². The lowest BCUT2D eigenvalue weighted by atomic mass is 9.69. The molecule has 0 N–H and O–H groups in total. The molecule has 2 aliphatic carbocycles. The van der Waals surface area contributed by atoms with Gasteiger partial charge in [-0.3, -0.25) is 0 Å². The van der Waals surface area contributed by atoms with Crippen LogP contribution in [0, 0.1) is 35.5 Å². The van der Waals surface area contributed by atoms with Crippen LogP contribution in [-0.2, 0) is 6.18 Å². The van der Waals surface area contributed by atoms with Crippen molar-refractivity contribution in [1.82, 2.24) is 0 Å². The van der Waals surface area contributed by atoms with E-state index in [1.54, 1.807) is 0 Å². The minimum Gasteiger partial charge on any atom is -0.166 e. The maximum absolute atomic E-state index is 12.6. The van der Waals surface area contributed by atoms with E-state index in [0.29, 0.717) is 11.5 Å². The van der Waals surface area contributed by atoms with Crippen molar-refractivity contribution < 1.29 is 13.2 Å². The van der Waals surface area contributed by atoms with E-state index in [1.165, 1.54) is 69.9 Å². The molecule has 0 nitrogen and oxygen atoms in total. The minimum atomic E-state index is -4.28. The number of hydrogen-bond acceptors (Lipinski definition) is 0. The summed E-state index contributed by atoms with van der Waals surface area (Å²) in [6, 6.07) is 5.21. The van der Waals surface area contributed by atoms with Crippen LogP contribution in [0.3, 0.4) is 0 Å². The highest BCUT2D eigenvalue weighted by Crippen LogP contribution is 2.42. The van der Waals surface area contributed by atoms with Crippen molar-refractivity contribution in [2.24, 2.45) is 23.7 Å². The Morgan fingerprint density at radius 3 is 1.96 bits per heavy atom. The largest absolute Gasteiger partial charge is 0.416 e. The van der Waals surface area contributed by atoms with Crippen molar-refractivity contribution >= 4 is 0 Å². The van der Waals surface area contributed by atoms with Gasteiger partial charge in [0, 0.05) is 11.5 Å². The summed E-state index contributed by atoms with van der Waals surface area (Å²) < 4.78 is 37.9. The Balaban J connectivity index is 1.43. The standard InChI is InChI=1S/C25H33F3/c1-2-3-4-19-7-13-22(14-8-19)23-15-9-20(10-16-23)5-6-21-11-17-24(18-12-21)25(26,27)28/h11-12,17-20,22-23H,2-4,7-10,13-16H2,1H3. The summed E-state index contributed by atoms with van der Waals surface area (Å²) in [5.74, 6) is 9.58. The van der Waals surface area contributed by atoms with E-state index in [9.17, 15) is 13.2 Å². The second-order valence-electron chi connectivity index (χ2n) is 8.88. The summed E-state index contributed by atoms with van der Waals surface area (Å²) in [4.78, 5) is 0. The summed E-state index contributed by atoms with van der Waals surface area (Å²) in [6.45, 7) is 2.28. The first-order chi connectivity index (χ1) is 13.5. The average molecular weight is 391 g/mol. The number of hydrogen-bond donors (Lipinski definition) is 0. The molecule has 3 rings (SSSR count). The van der Waals surface area contributed by atoms with Gasteiger partial charge in [-0.2, -0.15) is 13.2 Å². The van der Waals surface area contributed by atoms with Gasteiger partial charge in [0.25, 0.3) is 0 Å². The Labute approximate surface area is 168 Å². The highest BCUT2D eigenvalue weighted by molar-refractivity contribution is 5.37. The molecular weight excluding hydrogens is 357 g/mol. The van der Waals surface area contributed by atoms with Crippen LogP contribution >= 0.6 is 0 Å². The van der Waals surface area contributed by atoms with Gasteiger partial charge >= 0.3 is 6.18 Å².